The van der Waals surface area contributed by atoms with Gasteiger partial charge in [0.25, 0.3) is 0 Å². The molecule has 2 N–H and O–H groups in total. The molecular formula is C11H14O2. The lowest BCUT2D eigenvalue weighted by Gasteiger charge is -2.07. The zero-order chi connectivity index (χ0) is 10.0. The minimum absolute atomic E-state index is 0.174. The molecule has 0 aliphatic rings. The van der Waals surface area contributed by atoms with Gasteiger partial charge in [-0.25, -0.2) is 0 Å². The molecule has 1 aromatic carbocycles. The molecule has 0 aliphatic carbocycles. The summed E-state index contributed by atoms with van der Waals surface area (Å²) >= 11 is 0. The van der Waals surface area contributed by atoms with Crippen molar-refractivity contribution in [3.63, 3.8) is 0 Å². The fourth-order valence-corrected chi connectivity index (χ4v) is 1.09. The van der Waals surface area contributed by atoms with E-state index in [1.54, 1.807) is 6.07 Å². The quantitative estimate of drug-likeness (QED) is 0.649. The Labute approximate surface area is 78.2 Å². The number of rotatable bonds is 1. The van der Waals surface area contributed by atoms with Crippen molar-refractivity contribution >= 4 is 5.57 Å². The van der Waals surface area contributed by atoms with Crippen molar-refractivity contribution < 1.29 is 10.2 Å². The molecule has 0 fully saturated rings. The number of phenolic OH excluding ortho intramolecular Hbond substituents is 2. The van der Waals surface area contributed by atoms with Gasteiger partial charge in [-0.05, 0) is 44.5 Å². The summed E-state index contributed by atoms with van der Waals surface area (Å²) in [7, 11) is 0. The van der Waals surface area contributed by atoms with E-state index in [1.807, 2.05) is 20.8 Å². The van der Waals surface area contributed by atoms with Crippen LogP contribution in [0.2, 0.25) is 0 Å². The Balaban J connectivity index is 3.29. The van der Waals surface area contributed by atoms with Crippen LogP contribution in [-0.2, 0) is 0 Å². The number of hydrogen-bond acceptors (Lipinski definition) is 2. The zero-order valence-electron chi connectivity index (χ0n) is 8.13. The average molecular weight is 178 g/mol. The summed E-state index contributed by atoms with van der Waals surface area (Å²) < 4.78 is 0. The van der Waals surface area contributed by atoms with E-state index < -0.39 is 0 Å². The molecule has 0 spiro atoms. The van der Waals surface area contributed by atoms with Gasteiger partial charge in [0.1, 0.15) is 11.5 Å². The van der Waals surface area contributed by atoms with Crippen molar-refractivity contribution in [3.8, 4) is 11.5 Å². The van der Waals surface area contributed by atoms with E-state index in [-0.39, 0.29) is 11.5 Å². The lowest BCUT2D eigenvalue weighted by atomic mass is 10.0. The van der Waals surface area contributed by atoms with Crippen molar-refractivity contribution in [2.75, 3.05) is 0 Å². The van der Waals surface area contributed by atoms with Crippen LogP contribution < -0.4 is 0 Å². The molecule has 0 radical (unpaired) electrons. The Kier molecular flexibility index (Phi) is 2.61. The molecule has 0 aromatic heterocycles. The standard InChI is InChI=1S/C11H14O2/c1-7(2)8(3)10-6-9(12)4-5-11(10)13/h4-6,12-13H,1-3H3. The Hall–Kier alpha value is -1.44. The third-order valence-corrected chi connectivity index (χ3v) is 2.13. The van der Waals surface area contributed by atoms with Crippen LogP contribution in [0, 0.1) is 0 Å². The number of aromatic hydroxyl groups is 2. The first-order valence-corrected chi connectivity index (χ1v) is 4.19. The Morgan fingerprint density at radius 2 is 1.69 bits per heavy atom. The van der Waals surface area contributed by atoms with Crippen LogP contribution in [0.5, 0.6) is 11.5 Å². The van der Waals surface area contributed by atoms with Crippen LogP contribution in [0.1, 0.15) is 26.3 Å². The number of allylic oxidation sites excluding steroid dienone is 2. The van der Waals surface area contributed by atoms with Crippen LogP contribution >= 0.6 is 0 Å². The predicted molar refractivity (Wildman–Crippen MR) is 53.7 cm³/mol. The van der Waals surface area contributed by atoms with Crippen molar-refractivity contribution in [2.24, 2.45) is 0 Å². The first-order chi connectivity index (χ1) is 6.02. The molecule has 0 heterocycles. The maximum atomic E-state index is 9.51. The lowest BCUT2D eigenvalue weighted by Crippen LogP contribution is -1.83. The minimum Gasteiger partial charge on any atom is -0.508 e. The van der Waals surface area contributed by atoms with Crippen LogP contribution in [0.25, 0.3) is 5.57 Å². The van der Waals surface area contributed by atoms with Crippen molar-refractivity contribution in [1.82, 2.24) is 0 Å². The summed E-state index contributed by atoms with van der Waals surface area (Å²) in [6.45, 7) is 5.86. The molecular weight excluding hydrogens is 164 g/mol. The predicted octanol–water partition coefficient (Wildman–Crippen LogP) is 2.91. The molecule has 0 atom stereocenters. The van der Waals surface area contributed by atoms with Crippen LogP contribution in [0.15, 0.2) is 23.8 Å². The summed E-state index contributed by atoms with van der Waals surface area (Å²) in [5.74, 6) is 0.380. The molecule has 0 bridgehead atoms. The Bertz CT molecular complexity index is 347. The summed E-state index contributed by atoms with van der Waals surface area (Å²) in [6, 6.07) is 4.53. The molecule has 1 rings (SSSR count). The first-order valence-electron chi connectivity index (χ1n) is 4.19. The molecule has 0 saturated carbocycles. The van der Waals surface area contributed by atoms with E-state index >= 15 is 0 Å². The first kappa shape index (κ1) is 9.65. The third kappa shape index (κ3) is 2.02. The van der Waals surface area contributed by atoms with Gasteiger partial charge in [0.05, 0.1) is 0 Å². The average Bonchev–Trinajstić information content (AvgIpc) is 2.08. The maximum Gasteiger partial charge on any atom is 0.123 e. The molecule has 70 valence electrons. The van der Waals surface area contributed by atoms with Crippen molar-refractivity contribution in [1.29, 1.82) is 0 Å². The topological polar surface area (TPSA) is 40.5 Å². The lowest BCUT2D eigenvalue weighted by molar-refractivity contribution is 0.458. The van der Waals surface area contributed by atoms with Crippen LogP contribution in [0.4, 0.5) is 0 Å². The van der Waals surface area contributed by atoms with Gasteiger partial charge in [-0.2, -0.15) is 0 Å². The van der Waals surface area contributed by atoms with E-state index in [2.05, 4.69) is 0 Å². The van der Waals surface area contributed by atoms with E-state index in [0.29, 0.717) is 5.56 Å². The van der Waals surface area contributed by atoms with Gasteiger partial charge in [-0.15, -0.1) is 0 Å². The van der Waals surface area contributed by atoms with Gasteiger partial charge in [0, 0.05) is 5.56 Å². The molecule has 0 aliphatic heterocycles. The molecule has 0 saturated heterocycles. The minimum atomic E-state index is 0.174. The van der Waals surface area contributed by atoms with Gasteiger partial charge in [-0.3, -0.25) is 0 Å². The summed E-state index contributed by atoms with van der Waals surface area (Å²) in [4.78, 5) is 0. The second-order valence-corrected chi connectivity index (χ2v) is 3.33. The number of phenols is 2. The SMILES string of the molecule is CC(C)=C(C)c1cc(O)ccc1O. The number of benzene rings is 1. The molecule has 0 unspecified atom stereocenters. The summed E-state index contributed by atoms with van der Waals surface area (Å²) in [6.07, 6.45) is 0. The fraction of sp³-hybridized carbons (Fsp3) is 0.273. The van der Waals surface area contributed by atoms with E-state index in [1.165, 1.54) is 12.1 Å². The molecule has 2 nitrogen and oxygen atoms in total. The van der Waals surface area contributed by atoms with Crippen LogP contribution in [0.3, 0.4) is 0 Å². The molecule has 2 heteroatoms. The van der Waals surface area contributed by atoms with E-state index in [9.17, 15) is 10.2 Å². The second-order valence-electron chi connectivity index (χ2n) is 3.33. The van der Waals surface area contributed by atoms with Crippen molar-refractivity contribution in [2.45, 2.75) is 20.8 Å². The second kappa shape index (κ2) is 3.52. The van der Waals surface area contributed by atoms with Gasteiger partial charge in [-0.1, -0.05) is 5.57 Å². The third-order valence-electron chi connectivity index (χ3n) is 2.13. The number of hydrogen-bond donors (Lipinski definition) is 2. The molecule has 0 amide bonds. The highest BCUT2D eigenvalue weighted by atomic mass is 16.3. The smallest absolute Gasteiger partial charge is 0.123 e. The molecule has 13 heavy (non-hydrogen) atoms. The van der Waals surface area contributed by atoms with Gasteiger partial charge < -0.3 is 10.2 Å². The summed E-state index contributed by atoms with van der Waals surface area (Å²) in [5.41, 5.74) is 2.81. The maximum absolute atomic E-state index is 9.51. The summed E-state index contributed by atoms with van der Waals surface area (Å²) in [5, 5.41) is 18.7. The monoisotopic (exact) mass is 178 g/mol. The van der Waals surface area contributed by atoms with Gasteiger partial charge in [0.2, 0.25) is 0 Å². The highest BCUT2D eigenvalue weighted by molar-refractivity contribution is 5.71. The largest absolute Gasteiger partial charge is 0.508 e. The van der Waals surface area contributed by atoms with Crippen molar-refractivity contribution in [3.05, 3.63) is 29.3 Å². The van der Waals surface area contributed by atoms with Gasteiger partial charge in [0.15, 0.2) is 0 Å². The van der Waals surface area contributed by atoms with Gasteiger partial charge >= 0.3 is 0 Å². The molecule has 1 aromatic rings. The zero-order valence-corrected chi connectivity index (χ0v) is 8.13. The Morgan fingerprint density at radius 1 is 1.08 bits per heavy atom. The van der Waals surface area contributed by atoms with E-state index in [4.69, 9.17) is 0 Å². The highest BCUT2D eigenvalue weighted by Crippen LogP contribution is 2.29. The highest BCUT2D eigenvalue weighted by Gasteiger charge is 2.04. The normalized spacial score (nSPS) is 9.77. The van der Waals surface area contributed by atoms with Crippen LogP contribution in [-0.4, -0.2) is 10.2 Å². The van der Waals surface area contributed by atoms with E-state index in [0.717, 1.165) is 11.1 Å². The fourth-order valence-electron chi connectivity index (χ4n) is 1.09. The Morgan fingerprint density at radius 3 is 2.23 bits per heavy atom.